The van der Waals surface area contributed by atoms with E-state index >= 15 is 0 Å². The Morgan fingerprint density at radius 1 is 1.17 bits per heavy atom. The van der Waals surface area contributed by atoms with Gasteiger partial charge >= 0.3 is 0 Å². The van der Waals surface area contributed by atoms with Crippen molar-refractivity contribution >= 4 is 5.97 Å². The van der Waals surface area contributed by atoms with Gasteiger partial charge in [-0.3, -0.25) is 0 Å². The summed E-state index contributed by atoms with van der Waals surface area (Å²) in [5.41, 5.74) is 0. The van der Waals surface area contributed by atoms with Crippen LogP contribution in [0.2, 0.25) is 0 Å². The number of aliphatic carboxylic acids is 1. The lowest BCUT2D eigenvalue weighted by molar-refractivity contribution is -0.310. The van der Waals surface area contributed by atoms with E-state index in [9.17, 15) is 9.90 Å². The van der Waals surface area contributed by atoms with Crippen molar-refractivity contribution in [2.75, 3.05) is 13.2 Å². The Balaban J connectivity index is 0. The van der Waals surface area contributed by atoms with Crippen molar-refractivity contribution in [3.05, 3.63) is 0 Å². The van der Waals surface area contributed by atoms with Crippen LogP contribution in [0, 0.1) is 17.8 Å². The third-order valence-corrected chi connectivity index (χ3v) is 2.25. The summed E-state index contributed by atoms with van der Waals surface area (Å²) in [6.45, 7) is 9.43. The van der Waals surface area contributed by atoms with E-state index in [1.54, 1.807) is 6.92 Å². The summed E-state index contributed by atoms with van der Waals surface area (Å²) in [4.78, 5) is 10.3. The van der Waals surface area contributed by atoms with Crippen LogP contribution in [0.25, 0.3) is 0 Å². The first kappa shape index (κ1) is 19.3. The molecule has 0 heterocycles. The van der Waals surface area contributed by atoms with Crippen LogP contribution in [0.3, 0.4) is 0 Å². The largest absolute Gasteiger partial charge is 0.550 e. The second-order valence-electron chi connectivity index (χ2n) is 4.02. The first-order valence-corrected chi connectivity index (χ1v) is 6.84. The Bertz CT molecular complexity index is 236. The van der Waals surface area contributed by atoms with Crippen molar-refractivity contribution < 1.29 is 14.6 Å². The van der Waals surface area contributed by atoms with Gasteiger partial charge in [-0.1, -0.05) is 26.7 Å². The average molecular weight is 255 g/mol. The highest BCUT2D eigenvalue weighted by atomic mass is 16.5. The number of unbranched alkanes of at least 4 members (excludes halogenated alkanes) is 3. The number of rotatable bonds is 7. The molecular weight excluding hydrogens is 228 g/mol. The zero-order valence-electron chi connectivity index (χ0n) is 12.3. The van der Waals surface area contributed by atoms with Crippen molar-refractivity contribution in [2.24, 2.45) is 5.92 Å². The molecule has 1 unspecified atom stereocenters. The molecule has 0 fully saturated rings. The molecule has 0 aromatic rings. The maximum Gasteiger partial charge on any atom is 0.0452 e. The van der Waals surface area contributed by atoms with Gasteiger partial charge in [0.15, 0.2) is 0 Å². The molecule has 0 aliphatic heterocycles. The van der Waals surface area contributed by atoms with E-state index in [-0.39, 0.29) is 0 Å². The van der Waals surface area contributed by atoms with E-state index in [2.05, 4.69) is 18.8 Å². The maximum atomic E-state index is 10.3. The molecule has 0 amide bonds. The quantitative estimate of drug-likeness (QED) is 0.518. The summed E-state index contributed by atoms with van der Waals surface area (Å²) in [6, 6.07) is 0. The summed E-state index contributed by atoms with van der Waals surface area (Å²) in [6.07, 6.45) is 4.80. The summed E-state index contributed by atoms with van der Waals surface area (Å²) in [5.74, 6) is 4.36. The minimum absolute atomic E-state index is 0.411. The van der Waals surface area contributed by atoms with Gasteiger partial charge in [-0.05, 0) is 20.3 Å². The molecule has 0 saturated heterocycles. The number of carboxylic acid groups (broad SMARTS) is 1. The molecule has 0 aliphatic rings. The van der Waals surface area contributed by atoms with E-state index in [0.29, 0.717) is 6.42 Å². The van der Waals surface area contributed by atoms with Crippen LogP contribution in [0.1, 0.15) is 59.8 Å². The lowest BCUT2D eigenvalue weighted by atomic mass is 10.1. The zero-order chi connectivity index (χ0) is 14.2. The third kappa shape index (κ3) is 17.4. The van der Waals surface area contributed by atoms with Gasteiger partial charge in [0, 0.05) is 37.9 Å². The first-order chi connectivity index (χ1) is 8.59. The smallest absolute Gasteiger partial charge is 0.0452 e. The van der Waals surface area contributed by atoms with Gasteiger partial charge in [-0.25, -0.2) is 0 Å². The summed E-state index contributed by atoms with van der Waals surface area (Å²) >= 11 is 0. The Kier molecular flexibility index (Phi) is 17.2. The van der Waals surface area contributed by atoms with E-state index in [4.69, 9.17) is 4.74 Å². The lowest BCUT2D eigenvalue weighted by Gasteiger charge is -2.06. The second-order valence-corrected chi connectivity index (χ2v) is 4.02. The molecule has 0 radical (unpaired) electrons. The van der Waals surface area contributed by atoms with Crippen LogP contribution >= 0.6 is 0 Å². The summed E-state index contributed by atoms with van der Waals surface area (Å²) < 4.78 is 4.83. The molecular formula is C15H27O3-. The Morgan fingerprint density at radius 2 is 1.78 bits per heavy atom. The molecule has 0 aromatic carbocycles. The lowest BCUT2D eigenvalue weighted by Crippen LogP contribution is -2.29. The average Bonchev–Trinajstić information content (AvgIpc) is 2.35. The Labute approximate surface area is 112 Å². The van der Waals surface area contributed by atoms with E-state index < -0.39 is 11.9 Å². The van der Waals surface area contributed by atoms with Gasteiger partial charge in [0.05, 0.1) is 0 Å². The van der Waals surface area contributed by atoms with Gasteiger partial charge in [0.25, 0.3) is 0 Å². The van der Waals surface area contributed by atoms with Crippen LogP contribution in [0.4, 0.5) is 0 Å². The molecule has 0 spiro atoms. The SMILES string of the molecule is CCCCCC#CCC(C)C(=O)[O-].CCOCC. The predicted octanol–water partition coefficient (Wildman–Crippen LogP) is 2.39. The highest BCUT2D eigenvalue weighted by Crippen LogP contribution is 1.99. The van der Waals surface area contributed by atoms with Crippen LogP contribution in [-0.2, 0) is 9.53 Å². The van der Waals surface area contributed by atoms with E-state index in [1.165, 1.54) is 12.8 Å². The van der Waals surface area contributed by atoms with Crippen LogP contribution in [-0.4, -0.2) is 19.2 Å². The highest BCUT2D eigenvalue weighted by molar-refractivity contribution is 5.67. The molecule has 18 heavy (non-hydrogen) atoms. The number of carbonyl (C=O) groups is 1. The minimum atomic E-state index is -1.01. The molecule has 3 nitrogen and oxygen atoms in total. The Morgan fingerprint density at radius 3 is 2.17 bits per heavy atom. The Hall–Kier alpha value is -1.01. The summed E-state index contributed by atoms with van der Waals surface area (Å²) in [7, 11) is 0. The molecule has 0 rings (SSSR count). The van der Waals surface area contributed by atoms with Crippen molar-refractivity contribution in [2.45, 2.75) is 59.8 Å². The molecule has 0 saturated carbocycles. The van der Waals surface area contributed by atoms with Gasteiger partial charge in [-0.15, -0.1) is 11.8 Å². The molecule has 0 N–H and O–H groups in total. The number of carbonyl (C=O) groups excluding carboxylic acids is 1. The third-order valence-electron chi connectivity index (χ3n) is 2.25. The predicted molar refractivity (Wildman–Crippen MR) is 72.9 cm³/mol. The maximum absolute atomic E-state index is 10.3. The van der Waals surface area contributed by atoms with E-state index in [1.807, 2.05) is 13.8 Å². The van der Waals surface area contributed by atoms with Crippen molar-refractivity contribution in [1.29, 1.82) is 0 Å². The zero-order valence-corrected chi connectivity index (χ0v) is 12.3. The van der Waals surface area contributed by atoms with Crippen molar-refractivity contribution in [3.63, 3.8) is 0 Å². The minimum Gasteiger partial charge on any atom is -0.550 e. The normalized spacial score (nSPS) is 10.7. The van der Waals surface area contributed by atoms with Crippen LogP contribution < -0.4 is 5.11 Å². The highest BCUT2D eigenvalue weighted by Gasteiger charge is 1.97. The second kappa shape index (κ2) is 16.0. The number of ether oxygens (including phenoxy) is 1. The van der Waals surface area contributed by atoms with Gasteiger partial charge in [0.1, 0.15) is 0 Å². The van der Waals surface area contributed by atoms with Gasteiger partial charge in [0.2, 0.25) is 0 Å². The number of carboxylic acids is 1. The van der Waals surface area contributed by atoms with Gasteiger partial charge in [-0.2, -0.15) is 0 Å². The molecule has 0 aliphatic carbocycles. The fourth-order valence-electron chi connectivity index (χ4n) is 1.06. The monoisotopic (exact) mass is 255 g/mol. The molecule has 0 bridgehead atoms. The van der Waals surface area contributed by atoms with Gasteiger partial charge < -0.3 is 14.6 Å². The fourth-order valence-corrected chi connectivity index (χ4v) is 1.06. The molecule has 1 atom stereocenters. The first-order valence-electron chi connectivity index (χ1n) is 6.84. The molecule has 0 aromatic heterocycles. The van der Waals surface area contributed by atoms with Crippen LogP contribution in [0.5, 0.6) is 0 Å². The van der Waals surface area contributed by atoms with Crippen LogP contribution in [0.15, 0.2) is 0 Å². The molecule has 106 valence electrons. The topological polar surface area (TPSA) is 49.4 Å². The standard InChI is InChI=1S/C11H18O2.C4H10O/c1-3-4-5-6-7-8-9-10(2)11(12)13;1-3-5-4-2/h10H,3-6,9H2,1-2H3,(H,12,13);3-4H2,1-2H3/p-1. The number of hydrogen-bond donors (Lipinski definition) is 0. The molecule has 3 heteroatoms. The van der Waals surface area contributed by atoms with E-state index in [0.717, 1.165) is 26.1 Å². The summed E-state index contributed by atoms with van der Waals surface area (Å²) in [5, 5.41) is 10.3. The fraction of sp³-hybridized carbons (Fsp3) is 0.800. The van der Waals surface area contributed by atoms with Crippen molar-refractivity contribution in [1.82, 2.24) is 0 Å². The number of hydrogen-bond acceptors (Lipinski definition) is 3. The van der Waals surface area contributed by atoms with Crippen molar-refractivity contribution in [3.8, 4) is 11.8 Å².